The average Bonchev–Trinajstić information content (AvgIpc) is 2.96. The molecule has 4 aromatic rings. The summed E-state index contributed by atoms with van der Waals surface area (Å²) in [6.45, 7) is 28.8. The zero-order valence-corrected chi connectivity index (χ0v) is 29.9. The van der Waals surface area contributed by atoms with Crippen LogP contribution in [0.25, 0.3) is 0 Å². The summed E-state index contributed by atoms with van der Waals surface area (Å²) >= 11 is 0. The maximum absolute atomic E-state index is 2.62. The highest BCUT2D eigenvalue weighted by Gasteiger charge is 2.47. The van der Waals surface area contributed by atoms with Gasteiger partial charge in [0.1, 0.15) is 0 Å². The van der Waals surface area contributed by atoms with E-state index in [-0.39, 0.29) is 33.8 Å². The second-order valence-electron chi connectivity index (χ2n) is 18.2. The van der Waals surface area contributed by atoms with Crippen molar-refractivity contribution in [3.63, 3.8) is 0 Å². The topological polar surface area (TPSA) is 3.24 Å². The fourth-order valence-electron chi connectivity index (χ4n) is 8.63. The molecule has 1 nitrogen and oxygen atoms in total. The van der Waals surface area contributed by atoms with Gasteiger partial charge in [-0.15, -0.1) is 0 Å². The molecule has 2 aliphatic heterocycles. The molecule has 0 bridgehead atoms. The average molecular weight is 594 g/mol. The number of hydrogen-bond acceptors (Lipinski definition) is 1. The Morgan fingerprint density at radius 2 is 1.16 bits per heavy atom. The summed E-state index contributed by atoms with van der Waals surface area (Å²) in [6.07, 6.45) is 2.44. The molecular weight excluding hydrogens is 541 g/mol. The van der Waals surface area contributed by atoms with Gasteiger partial charge >= 0.3 is 0 Å². The van der Waals surface area contributed by atoms with Crippen LogP contribution in [0.4, 0.5) is 17.1 Å². The summed E-state index contributed by atoms with van der Waals surface area (Å²) < 4.78 is 0. The van der Waals surface area contributed by atoms with Crippen molar-refractivity contribution in [1.29, 1.82) is 0 Å². The molecular formula is C43H52BN. The Bertz CT molecular complexity index is 1860. The van der Waals surface area contributed by atoms with Crippen molar-refractivity contribution in [2.75, 3.05) is 4.90 Å². The first-order valence-corrected chi connectivity index (χ1v) is 17.2. The molecule has 4 aromatic carbocycles. The van der Waals surface area contributed by atoms with Crippen molar-refractivity contribution in [1.82, 2.24) is 0 Å². The normalized spacial score (nSPS) is 18.9. The molecule has 1 aliphatic carbocycles. The number of fused-ring (bicyclic) bond motifs is 5. The second kappa shape index (κ2) is 9.40. The van der Waals surface area contributed by atoms with Gasteiger partial charge in [-0.25, -0.2) is 0 Å². The van der Waals surface area contributed by atoms with Gasteiger partial charge in [-0.2, -0.15) is 0 Å². The monoisotopic (exact) mass is 593 g/mol. The highest BCUT2D eigenvalue weighted by molar-refractivity contribution is 6.99. The van der Waals surface area contributed by atoms with Crippen molar-refractivity contribution in [2.45, 2.75) is 123 Å². The Hall–Kier alpha value is -3.26. The minimum atomic E-state index is -0.0933. The van der Waals surface area contributed by atoms with Gasteiger partial charge in [0.05, 0.1) is 0 Å². The summed E-state index contributed by atoms with van der Waals surface area (Å²) in [6, 6.07) is 29.2. The van der Waals surface area contributed by atoms with E-state index in [9.17, 15) is 0 Å². The third kappa shape index (κ3) is 4.49. The Kier molecular flexibility index (Phi) is 6.35. The van der Waals surface area contributed by atoms with Crippen LogP contribution in [0.5, 0.6) is 0 Å². The minimum Gasteiger partial charge on any atom is -0.311 e. The lowest BCUT2D eigenvalue weighted by Gasteiger charge is -2.47. The van der Waals surface area contributed by atoms with E-state index in [1.807, 2.05) is 0 Å². The van der Waals surface area contributed by atoms with Crippen molar-refractivity contribution in [3.05, 3.63) is 106 Å². The standard InChI is InChI=1S/C43H52BN/c1-39(2,3)27-16-19-31-35(24-27)44-34-21-17-28(40(4,5)6)25-37(34)45(36-15-13-14-32(38(36)44)43(31,11)12)29-18-20-30-33(26-29)42(9,10)23-22-41(30,7)8/h13-21,24-26H,22-23H2,1-12H3. The van der Waals surface area contributed by atoms with E-state index in [0.29, 0.717) is 0 Å². The van der Waals surface area contributed by atoms with Crippen LogP contribution in [0.3, 0.4) is 0 Å². The van der Waals surface area contributed by atoms with Gasteiger partial charge in [-0.1, -0.05) is 137 Å². The molecule has 0 fully saturated rings. The quantitative estimate of drug-likeness (QED) is 0.175. The lowest BCUT2D eigenvalue weighted by atomic mass is 9.30. The molecule has 7 rings (SSSR count). The van der Waals surface area contributed by atoms with Crippen LogP contribution in [-0.4, -0.2) is 6.71 Å². The zero-order valence-electron chi connectivity index (χ0n) is 29.9. The molecule has 0 saturated carbocycles. The van der Waals surface area contributed by atoms with Gasteiger partial charge in [0.15, 0.2) is 0 Å². The molecule has 0 aromatic heterocycles. The molecule has 0 N–H and O–H groups in total. The number of rotatable bonds is 1. The van der Waals surface area contributed by atoms with Crippen molar-refractivity contribution >= 4 is 40.2 Å². The molecule has 0 spiro atoms. The van der Waals surface area contributed by atoms with Gasteiger partial charge in [0, 0.05) is 22.5 Å². The SMILES string of the molecule is CC(C)(C)c1ccc2c(c1)B1c3ccc(C(C)(C)C)cc3N(c3ccc4c(c3)C(C)(C)CCC4(C)C)c3cccc(c31)C2(C)C. The van der Waals surface area contributed by atoms with Gasteiger partial charge in [-0.3, -0.25) is 0 Å². The van der Waals surface area contributed by atoms with Crippen LogP contribution in [0.15, 0.2) is 72.8 Å². The first-order chi connectivity index (χ1) is 20.8. The fourth-order valence-corrected chi connectivity index (χ4v) is 8.63. The van der Waals surface area contributed by atoms with E-state index < -0.39 is 0 Å². The largest absolute Gasteiger partial charge is 0.311 e. The molecule has 0 radical (unpaired) electrons. The van der Waals surface area contributed by atoms with E-state index in [1.54, 1.807) is 0 Å². The Morgan fingerprint density at radius 1 is 0.556 bits per heavy atom. The summed E-state index contributed by atoms with van der Waals surface area (Å²) in [5.41, 5.74) is 17.4. The summed E-state index contributed by atoms with van der Waals surface area (Å²) in [5, 5.41) is 0. The van der Waals surface area contributed by atoms with Gasteiger partial charge < -0.3 is 4.90 Å². The van der Waals surface area contributed by atoms with Crippen LogP contribution in [0.1, 0.15) is 129 Å². The van der Waals surface area contributed by atoms with Gasteiger partial charge in [0.2, 0.25) is 6.71 Å². The number of benzene rings is 4. The molecule has 0 amide bonds. The third-order valence-corrected chi connectivity index (χ3v) is 11.7. The fraction of sp³-hybridized carbons (Fsp3) is 0.442. The summed E-state index contributed by atoms with van der Waals surface area (Å²) in [4.78, 5) is 2.62. The second-order valence-corrected chi connectivity index (χ2v) is 18.2. The number of nitrogens with zero attached hydrogens (tertiary/aromatic N) is 1. The first-order valence-electron chi connectivity index (χ1n) is 17.2. The van der Waals surface area contributed by atoms with Crippen LogP contribution in [0, 0.1) is 0 Å². The van der Waals surface area contributed by atoms with Crippen molar-refractivity contribution in [2.24, 2.45) is 0 Å². The van der Waals surface area contributed by atoms with Gasteiger partial charge in [0.25, 0.3) is 0 Å². The third-order valence-electron chi connectivity index (χ3n) is 11.7. The number of anilines is 3. The highest BCUT2D eigenvalue weighted by Crippen LogP contribution is 2.49. The van der Waals surface area contributed by atoms with Crippen molar-refractivity contribution < 1.29 is 0 Å². The van der Waals surface area contributed by atoms with Crippen LogP contribution >= 0.6 is 0 Å². The Balaban J connectivity index is 1.55. The van der Waals surface area contributed by atoms with E-state index in [2.05, 4.69) is 161 Å². The predicted octanol–water partition coefficient (Wildman–Crippen LogP) is 9.57. The summed E-state index contributed by atoms with van der Waals surface area (Å²) in [5.74, 6) is 0. The maximum atomic E-state index is 2.62. The summed E-state index contributed by atoms with van der Waals surface area (Å²) in [7, 11) is 0. The van der Waals surface area contributed by atoms with Crippen LogP contribution in [0.2, 0.25) is 0 Å². The van der Waals surface area contributed by atoms with Crippen LogP contribution in [-0.2, 0) is 27.1 Å². The lowest BCUT2D eigenvalue weighted by Crippen LogP contribution is -2.64. The molecule has 232 valence electrons. The highest BCUT2D eigenvalue weighted by atomic mass is 15.2. The molecule has 0 unspecified atom stereocenters. The van der Waals surface area contributed by atoms with Crippen molar-refractivity contribution in [3.8, 4) is 0 Å². The molecule has 2 heteroatoms. The zero-order chi connectivity index (χ0) is 32.5. The van der Waals surface area contributed by atoms with E-state index in [0.717, 1.165) is 0 Å². The first kappa shape index (κ1) is 30.4. The van der Waals surface area contributed by atoms with E-state index in [4.69, 9.17) is 0 Å². The maximum Gasteiger partial charge on any atom is 0.247 e. The van der Waals surface area contributed by atoms with E-state index >= 15 is 0 Å². The number of hydrogen-bond donors (Lipinski definition) is 0. The predicted molar refractivity (Wildman–Crippen MR) is 197 cm³/mol. The van der Waals surface area contributed by atoms with Gasteiger partial charge in [-0.05, 0) is 103 Å². The molecule has 45 heavy (non-hydrogen) atoms. The lowest BCUT2D eigenvalue weighted by molar-refractivity contribution is 0.332. The minimum absolute atomic E-state index is 0.0521. The Morgan fingerprint density at radius 3 is 1.82 bits per heavy atom. The molecule has 0 atom stereocenters. The Labute approximate surface area is 273 Å². The molecule has 3 aliphatic rings. The van der Waals surface area contributed by atoms with Crippen LogP contribution < -0.4 is 21.3 Å². The molecule has 2 heterocycles. The molecule has 0 saturated heterocycles. The smallest absolute Gasteiger partial charge is 0.247 e. The van der Waals surface area contributed by atoms with E-state index in [1.165, 1.54) is 79.7 Å².